The molecule has 2 amide bonds. The lowest BCUT2D eigenvalue weighted by Crippen LogP contribution is -2.63. The SMILES string of the molecule is COC1CCCC(C(=O)N2CCC3(CC2)NC(=O)c2ccccc2N3)C1. The van der Waals surface area contributed by atoms with E-state index in [9.17, 15) is 9.59 Å². The number of amides is 2. The summed E-state index contributed by atoms with van der Waals surface area (Å²) in [6, 6.07) is 7.58. The van der Waals surface area contributed by atoms with Crippen molar-refractivity contribution in [1.82, 2.24) is 10.2 Å². The van der Waals surface area contributed by atoms with Gasteiger partial charge < -0.3 is 20.3 Å². The summed E-state index contributed by atoms with van der Waals surface area (Å²) in [4.78, 5) is 27.3. The van der Waals surface area contributed by atoms with E-state index in [1.54, 1.807) is 7.11 Å². The highest BCUT2D eigenvalue weighted by atomic mass is 16.5. The van der Waals surface area contributed by atoms with Crippen molar-refractivity contribution in [2.75, 3.05) is 25.5 Å². The van der Waals surface area contributed by atoms with Gasteiger partial charge in [0.25, 0.3) is 5.91 Å². The number of likely N-dealkylation sites (tertiary alicyclic amines) is 1. The van der Waals surface area contributed by atoms with Crippen LogP contribution in [0.4, 0.5) is 5.69 Å². The second-order valence-corrected chi connectivity index (χ2v) is 7.75. The van der Waals surface area contributed by atoms with Gasteiger partial charge in [-0.1, -0.05) is 18.6 Å². The molecule has 2 aliphatic heterocycles. The van der Waals surface area contributed by atoms with E-state index in [0.29, 0.717) is 18.7 Å². The molecule has 2 fully saturated rings. The van der Waals surface area contributed by atoms with Gasteiger partial charge in [-0.3, -0.25) is 9.59 Å². The number of methoxy groups -OCH3 is 1. The maximum Gasteiger partial charge on any atom is 0.255 e. The minimum atomic E-state index is -0.441. The van der Waals surface area contributed by atoms with Gasteiger partial charge in [-0.15, -0.1) is 0 Å². The Kier molecular flexibility index (Phi) is 4.61. The summed E-state index contributed by atoms with van der Waals surface area (Å²) in [6.45, 7) is 1.34. The number of nitrogens with one attached hydrogen (secondary N) is 2. The maximum atomic E-state index is 12.9. The third-order valence-corrected chi connectivity index (χ3v) is 6.14. The number of fused-ring (bicyclic) bond motifs is 1. The highest BCUT2D eigenvalue weighted by molar-refractivity contribution is 6.02. The summed E-state index contributed by atoms with van der Waals surface area (Å²) in [5, 5.41) is 6.64. The summed E-state index contributed by atoms with van der Waals surface area (Å²) in [7, 11) is 1.73. The van der Waals surface area contributed by atoms with Crippen molar-refractivity contribution in [1.29, 1.82) is 0 Å². The summed E-state index contributed by atoms with van der Waals surface area (Å²) >= 11 is 0. The van der Waals surface area contributed by atoms with Crippen LogP contribution in [-0.4, -0.2) is 48.7 Å². The fraction of sp³-hybridized carbons (Fsp3) is 0.600. The number of anilines is 1. The van der Waals surface area contributed by atoms with Gasteiger partial charge in [0.2, 0.25) is 5.91 Å². The molecule has 0 bridgehead atoms. The Morgan fingerprint density at radius 1 is 1.19 bits per heavy atom. The van der Waals surface area contributed by atoms with Crippen LogP contribution >= 0.6 is 0 Å². The molecule has 4 rings (SSSR count). The second-order valence-electron chi connectivity index (χ2n) is 7.75. The summed E-state index contributed by atoms with van der Waals surface area (Å²) in [6.07, 6.45) is 5.56. The fourth-order valence-electron chi connectivity index (χ4n) is 4.56. The van der Waals surface area contributed by atoms with Gasteiger partial charge in [0.15, 0.2) is 0 Å². The van der Waals surface area contributed by atoms with Crippen molar-refractivity contribution >= 4 is 17.5 Å². The third-order valence-electron chi connectivity index (χ3n) is 6.14. The fourth-order valence-corrected chi connectivity index (χ4v) is 4.56. The number of carbonyl (C=O) groups excluding carboxylic acids is 2. The molecular formula is C20H27N3O3. The van der Waals surface area contributed by atoms with Crippen molar-refractivity contribution < 1.29 is 14.3 Å². The minimum Gasteiger partial charge on any atom is -0.381 e. The van der Waals surface area contributed by atoms with E-state index in [-0.39, 0.29) is 23.8 Å². The summed E-state index contributed by atoms with van der Waals surface area (Å²) in [5.41, 5.74) is 1.12. The summed E-state index contributed by atoms with van der Waals surface area (Å²) < 4.78 is 5.47. The van der Waals surface area contributed by atoms with Crippen LogP contribution in [0.2, 0.25) is 0 Å². The van der Waals surface area contributed by atoms with E-state index < -0.39 is 5.66 Å². The molecule has 26 heavy (non-hydrogen) atoms. The van der Waals surface area contributed by atoms with Crippen LogP contribution in [-0.2, 0) is 9.53 Å². The zero-order valence-electron chi connectivity index (χ0n) is 15.3. The first kappa shape index (κ1) is 17.3. The molecule has 1 aromatic carbocycles. The molecule has 1 aliphatic carbocycles. The summed E-state index contributed by atoms with van der Waals surface area (Å²) in [5.74, 6) is 0.302. The lowest BCUT2D eigenvalue weighted by atomic mass is 9.85. The number of hydrogen-bond acceptors (Lipinski definition) is 4. The molecule has 3 aliphatic rings. The first-order chi connectivity index (χ1) is 12.6. The average molecular weight is 357 g/mol. The Morgan fingerprint density at radius 3 is 2.73 bits per heavy atom. The lowest BCUT2D eigenvalue weighted by Gasteiger charge is -2.46. The number of benzene rings is 1. The Bertz CT molecular complexity index is 697. The highest BCUT2D eigenvalue weighted by Gasteiger charge is 2.42. The van der Waals surface area contributed by atoms with Crippen molar-refractivity contribution in [3.63, 3.8) is 0 Å². The van der Waals surface area contributed by atoms with Crippen LogP contribution < -0.4 is 10.6 Å². The molecule has 1 saturated carbocycles. The van der Waals surface area contributed by atoms with Crippen LogP contribution in [0.5, 0.6) is 0 Å². The molecule has 6 nitrogen and oxygen atoms in total. The first-order valence-corrected chi connectivity index (χ1v) is 9.61. The molecule has 1 spiro atoms. The molecule has 140 valence electrons. The van der Waals surface area contributed by atoms with Gasteiger partial charge in [-0.2, -0.15) is 0 Å². The quantitative estimate of drug-likeness (QED) is 0.852. The molecule has 0 aromatic heterocycles. The predicted molar refractivity (Wildman–Crippen MR) is 98.8 cm³/mol. The molecule has 0 radical (unpaired) electrons. The molecule has 2 unspecified atom stereocenters. The maximum absolute atomic E-state index is 12.9. The number of rotatable bonds is 2. The van der Waals surface area contributed by atoms with Crippen molar-refractivity contribution in [2.24, 2.45) is 5.92 Å². The zero-order valence-corrected chi connectivity index (χ0v) is 15.3. The Labute approximate surface area is 154 Å². The van der Waals surface area contributed by atoms with Gasteiger partial charge in [-0.25, -0.2) is 0 Å². The van der Waals surface area contributed by atoms with Crippen molar-refractivity contribution in [3.05, 3.63) is 29.8 Å². The van der Waals surface area contributed by atoms with Gasteiger partial charge in [-0.05, 0) is 31.4 Å². The largest absolute Gasteiger partial charge is 0.381 e. The number of ether oxygens (including phenoxy) is 1. The van der Waals surface area contributed by atoms with Crippen molar-refractivity contribution in [2.45, 2.75) is 50.3 Å². The third kappa shape index (κ3) is 3.18. The highest BCUT2D eigenvalue weighted by Crippen LogP contribution is 2.33. The van der Waals surface area contributed by atoms with E-state index in [2.05, 4.69) is 10.6 Å². The number of hydrogen-bond donors (Lipinski definition) is 2. The van der Waals surface area contributed by atoms with E-state index in [4.69, 9.17) is 4.74 Å². The minimum absolute atomic E-state index is 0.0330. The van der Waals surface area contributed by atoms with Gasteiger partial charge in [0.1, 0.15) is 5.66 Å². The Balaban J connectivity index is 1.40. The number of nitrogens with zero attached hydrogens (tertiary/aromatic N) is 1. The zero-order chi connectivity index (χ0) is 18.1. The molecule has 1 aromatic rings. The molecule has 6 heteroatoms. The second kappa shape index (κ2) is 6.91. The van der Waals surface area contributed by atoms with E-state index in [1.165, 1.54) is 0 Å². The molecule has 2 N–H and O–H groups in total. The van der Waals surface area contributed by atoms with Gasteiger partial charge >= 0.3 is 0 Å². The van der Waals surface area contributed by atoms with Crippen LogP contribution in [0.15, 0.2) is 24.3 Å². The van der Waals surface area contributed by atoms with Crippen molar-refractivity contribution in [3.8, 4) is 0 Å². The number of piperidine rings is 1. The lowest BCUT2D eigenvalue weighted by molar-refractivity contribution is -0.139. The number of para-hydroxylation sites is 1. The smallest absolute Gasteiger partial charge is 0.255 e. The number of carbonyl (C=O) groups is 2. The van der Waals surface area contributed by atoms with Gasteiger partial charge in [0.05, 0.1) is 11.7 Å². The van der Waals surface area contributed by atoms with Crippen LogP contribution in [0.1, 0.15) is 48.9 Å². The molecule has 2 atom stereocenters. The Hall–Kier alpha value is -2.08. The molecular weight excluding hydrogens is 330 g/mol. The molecule has 1 saturated heterocycles. The topological polar surface area (TPSA) is 70.7 Å². The molecule has 2 heterocycles. The van der Waals surface area contributed by atoms with Crippen LogP contribution in [0, 0.1) is 5.92 Å². The normalized spacial score (nSPS) is 27.4. The monoisotopic (exact) mass is 357 g/mol. The first-order valence-electron chi connectivity index (χ1n) is 9.61. The standard InChI is InChI=1S/C20H27N3O3/c1-26-15-6-4-5-14(13-15)19(25)23-11-9-20(10-12-23)21-17-8-3-2-7-16(17)18(24)22-20/h2-3,7-8,14-15,21H,4-6,9-13H2,1H3,(H,22,24). The average Bonchev–Trinajstić information content (AvgIpc) is 2.68. The van der Waals surface area contributed by atoms with E-state index in [1.807, 2.05) is 29.2 Å². The van der Waals surface area contributed by atoms with E-state index >= 15 is 0 Å². The Morgan fingerprint density at radius 2 is 1.96 bits per heavy atom. The van der Waals surface area contributed by atoms with Crippen LogP contribution in [0.3, 0.4) is 0 Å². The van der Waals surface area contributed by atoms with E-state index in [0.717, 1.165) is 44.2 Å². The van der Waals surface area contributed by atoms with Gasteiger partial charge in [0, 0.05) is 44.6 Å². The van der Waals surface area contributed by atoms with Crippen LogP contribution in [0.25, 0.3) is 0 Å². The predicted octanol–water partition coefficient (Wildman–Crippen LogP) is 2.37.